The number of nitrogens with one attached hydrogen (secondary N) is 2. The van der Waals surface area contributed by atoms with Crippen LogP contribution in [0.1, 0.15) is 17.4 Å². The fourth-order valence-corrected chi connectivity index (χ4v) is 3.30. The molecular formula is C17H15N5O3S. The van der Waals surface area contributed by atoms with E-state index in [-0.39, 0.29) is 11.8 Å². The molecule has 0 unspecified atom stereocenters. The van der Waals surface area contributed by atoms with Gasteiger partial charge < -0.3 is 15.4 Å². The predicted molar refractivity (Wildman–Crippen MR) is 97.4 cm³/mol. The van der Waals surface area contributed by atoms with Crippen molar-refractivity contribution in [3.63, 3.8) is 0 Å². The number of hydrogen-bond donors (Lipinski definition) is 2. The SMILES string of the molecule is C[C@H]1Oc2ccc(NC(=O)c3csc(-c4cnn(C)c4)n3)cc2NC1=O. The highest BCUT2D eigenvalue weighted by molar-refractivity contribution is 7.13. The van der Waals surface area contributed by atoms with Crippen molar-refractivity contribution in [2.24, 2.45) is 7.05 Å². The molecule has 0 aliphatic carbocycles. The average molecular weight is 369 g/mol. The third-order valence-electron chi connectivity index (χ3n) is 3.86. The summed E-state index contributed by atoms with van der Waals surface area (Å²) in [6, 6.07) is 5.09. The molecule has 0 spiro atoms. The van der Waals surface area contributed by atoms with Gasteiger partial charge in [-0.1, -0.05) is 0 Å². The van der Waals surface area contributed by atoms with Gasteiger partial charge in [0.15, 0.2) is 6.10 Å². The lowest BCUT2D eigenvalue weighted by atomic mass is 10.2. The number of thiazole rings is 1. The molecule has 2 aromatic heterocycles. The fraction of sp³-hybridized carbons (Fsp3) is 0.176. The minimum atomic E-state index is -0.538. The number of carbonyl (C=O) groups excluding carboxylic acids is 2. The smallest absolute Gasteiger partial charge is 0.275 e. The van der Waals surface area contributed by atoms with E-state index in [0.29, 0.717) is 22.8 Å². The minimum Gasteiger partial charge on any atom is -0.479 e. The number of fused-ring (bicyclic) bond motifs is 1. The van der Waals surface area contributed by atoms with Crippen LogP contribution in [0.15, 0.2) is 36.0 Å². The summed E-state index contributed by atoms with van der Waals surface area (Å²) in [6.45, 7) is 1.68. The molecule has 0 saturated carbocycles. The lowest BCUT2D eigenvalue weighted by Crippen LogP contribution is -2.34. The first-order valence-electron chi connectivity index (χ1n) is 7.87. The molecular weight excluding hydrogens is 354 g/mol. The molecule has 1 atom stereocenters. The molecule has 26 heavy (non-hydrogen) atoms. The normalized spacial score (nSPS) is 15.8. The first kappa shape index (κ1) is 16.3. The van der Waals surface area contributed by atoms with E-state index >= 15 is 0 Å². The highest BCUT2D eigenvalue weighted by atomic mass is 32.1. The van der Waals surface area contributed by atoms with Gasteiger partial charge in [-0.05, 0) is 25.1 Å². The summed E-state index contributed by atoms with van der Waals surface area (Å²) >= 11 is 1.38. The molecule has 8 nitrogen and oxygen atoms in total. The molecule has 1 aliphatic heterocycles. The largest absolute Gasteiger partial charge is 0.479 e. The number of ether oxygens (including phenoxy) is 1. The van der Waals surface area contributed by atoms with Crippen molar-refractivity contribution >= 4 is 34.5 Å². The van der Waals surface area contributed by atoms with Crippen LogP contribution < -0.4 is 15.4 Å². The summed E-state index contributed by atoms with van der Waals surface area (Å²) < 4.78 is 7.18. The summed E-state index contributed by atoms with van der Waals surface area (Å²) in [4.78, 5) is 28.5. The van der Waals surface area contributed by atoms with Gasteiger partial charge in [-0.15, -0.1) is 11.3 Å². The molecule has 2 N–H and O–H groups in total. The zero-order chi connectivity index (χ0) is 18.3. The second-order valence-corrected chi connectivity index (χ2v) is 6.71. The van der Waals surface area contributed by atoms with Gasteiger partial charge in [0.2, 0.25) is 0 Å². The Bertz CT molecular complexity index is 1010. The van der Waals surface area contributed by atoms with Crippen LogP contribution in [0, 0.1) is 0 Å². The van der Waals surface area contributed by atoms with Gasteiger partial charge in [-0.25, -0.2) is 4.98 Å². The Labute approximate surface area is 152 Å². The molecule has 4 rings (SSSR count). The van der Waals surface area contributed by atoms with Crippen molar-refractivity contribution in [3.05, 3.63) is 41.7 Å². The van der Waals surface area contributed by atoms with Crippen LogP contribution in [0.2, 0.25) is 0 Å². The summed E-state index contributed by atoms with van der Waals surface area (Å²) in [6.07, 6.45) is 3.00. The number of benzene rings is 1. The van der Waals surface area contributed by atoms with Crippen LogP contribution in [0.5, 0.6) is 5.75 Å². The van der Waals surface area contributed by atoms with E-state index in [0.717, 1.165) is 10.6 Å². The third-order valence-corrected chi connectivity index (χ3v) is 4.75. The Morgan fingerprint density at radius 3 is 3.04 bits per heavy atom. The van der Waals surface area contributed by atoms with Gasteiger partial charge in [-0.3, -0.25) is 14.3 Å². The number of anilines is 2. The van der Waals surface area contributed by atoms with E-state index in [1.165, 1.54) is 11.3 Å². The second kappa shape index (κ2) is 6.26. The van der Waals surface area contributed by atoms with Crippen molar-refractivity contribution < 1.29 is 14.3 Å². The van der Waals surface area contributed by atoms with Crippen LogP contribution in [0.25, 0.3) is 10.6 Å². The Hall–Kier alpha value is -3.20. The quantitative estimate of drug-likeness (QED) is 0.739. The Morgan fingerprint density at radius 1 is 1.42 bits per heavy atom. The number of rotatable bonds is 3. The first-order valence-corrected chi connectivity index (χ1v) is 8.75. The molecule has 0 fully saturated rings. The number of aromatic nitrogens is 3. The highest BCUT2D eigenvalue weighted by Gasteiger charge is 2.24. The number of amides is 2. The van der Waals surface area contributed by atoms with Crippen molar-refractivity contribution in [1.82, 2.24) is 14.8 Å². The van der Waals surface area contributed by atoms with E-state index in [9.17, 15) is 9.59 Å². The molecule has 9 heteroatoms. The van der Waals surface area contributed by atoms with Crippen LogP contribution in [-0.2, 0) is 11.8 Å². The molecule has 3 aromatic rings. The maximum absolute atomic E-state index is 12.4. The molecule has 0 saturated heterocycles. The van der Waals surface area contributed by atoms with Gasteiger partial charge in [0.25, 0.3) is 11.8 Å². The van der Waals surface area contributed by atoms with Crippen LogP contribution in [0.3, 0.4) is 0 Å². The molecule has 0 bridgehead atoms. The molecule has 0 radical (unpaired) electrons. The van der Waals surface area contributed by atoms with Crippen LogP contribution >= 0.6 is 11.3 Å². The van der Waals surface area contributed by atoms with E-state index < -0.39 is 6.10 Å². The Kier molecular flexibility index (Phi) is 3.92. The topological polar surface area (TPSA) is 98.1 Å². The van der Waals surface area contributed by atoms with Crippen molar-refractivity contribution in [2.75, 3.05) is 10.6 Å². The van der Waals surface area contributed by atoms with Gasteiger partial charge in [0.05, 0.1) is 11.9 Å². The number of aryl methyl sites for hydroxylation is 1. The maximum Gasteiger partial charge on any atom is 0.275 e. The Balaban J connectivity index is 1.51. The zero-order valence-electron chi connectivity index (χ0n) is 14.0. The third kappa shape index (κ3) is 3.04. The van der Waals surface area contributed by atoms with Gasteiger partial charge in [0.1, 0.15) is 16.5 Å². The van der Waals surface area contributed by atoms with Crippen LogP contribution in [0.4, 0.5) is 11.4 Å². The van der Waals surface area contributed by atoms with Crippen LogP contribution in [-0.4, -0.2) is 32.7 Å². The monoisotopic (exact) mass is 369 g/mol. The van der Waals surface area contributed by atoms with Gasteiger partial charge in [-0.2, -0.15) is 5.10 Å². The standard InChI is InChI=1S/C17H15N5O3S/c1-9-15(23)20-12-5-11(3-4-14(12)25-9)19-16(24)13-8-26-17(21-13)10-6-18-22(2)7-10/h3-9H,1-2H3,(H,19,24)(H,20,23)/t9-/m1/s1. The average Bonchev–Trinajstić information content (AvgIpc) is 3.25. The summed E-state index contributed by atoms with van der Waals surface area (Å²) in [5, 5.41) is 12.1. The summed E-state index contributed by atoms with van der Waals surface area (Å²) in [5.74, 6) is 0.0250. The van der Waals surface area contributed by atoms with Crippen molar-refractivity contribution in [1.29, 1.82) is 0 Å². The number of carbonyl (C=O) groups is 2. The second-order valence-electron chi connectivity index (χ2n) is 5.85. The molecule has 1 aliphatic rings. The van der Waals surface area contributed by atoms with E-state index in [1.807, 2.05) is 13.2 Å². The molecule has 3 heterocycles. The van der Waals surface area contributed by atoms with E-state index in [2.05, 4.69) is 20.7 Å². The lowest BCUT2D eigenvalue weighted by molar-refractivity contribution is -0.122. The van der Waals surface area contributed by atoms with Gasteiger partial charge in [0, 0.05) is 29.9 Å². The van der Waals surface area contributed by atoms with Crippen molar-refractivity contribution in [2.45, 2.75) is 13.0 Å². The van der Waals surface area contributed by atoms with Crippen molar-refractivity contribution in [3.8, 4) is 16.3 Å². The zero-order valence-corrected chi connectivity index (χ0v) is 14.8. The minimum absolute atomic E-state index is 0.221. The number of nitrogens with zero attached hydrogens (tertiary/aromatic N) is 3. The molecule has 1 aromatic carbocycles. The summed E-state index contributed by atoms with van der Waals surface area (Å²) in [7, 11) is 1.82. The molecule has 132 valence electrons. The fourth-order valence-electron chi connectivity index (χ4n) is 2.52. The predicted octanol–water partition coefficient (Wildman–Crippen LogP) is 2.52. The van der Waals surface area contributed by atoms with E-state index in [1.54, 1.807) is 41.4 Å². The lowest BCUT2D eigenvalue weighted by Gasteiger charge is -2.23. The summed E-state index contributed by atoms with van der Waals surface area (Å²) in [5.41, 5.74) is 2.25. The van der Waals surface area contributed by atoms with Gasteiger partial charge >= 0.3 is 0 Å². The first-order chi connectivity index (χ1) is 12.5. The number of hydrogen-bond acceptors (Lipinski definition) is 6. The van der Waals surface area contributed by atoms with E-state index in [4.69, 9.17) is 4.74 Å². The highest BCUT2D eigenvalue weighted by Crippen LogP contribution is 2.32. The Morgan fingerprint density at radius 2 is 2.27 bits per heavy atom. The maximum atomic E-state index is 12.4. The molecule has 2 amide bonds.